The van der Waals surface area contributed by atoms with Gasteiger partial charge in [-0.3, -0.25) is 4.79 Å². The second-order valence-electron chi connectivity index (χ2n) is 8.87. The van der Waals surface area contributed by atoms with Crippen molar-refractivity contribution in [2.24, 2.45) is 13.0 Å². The Balaban J connectivity index is 1.35. The monoisotopic (exact) mass is 421 g/mol. The van der Waals surface area contributed by atoms with Gasteiger partial charge in [0.1, 0.15) is 11.6 Å². The number of aromatic nitrogens is 2. The molecule has 1 aromatic heterocycles. The average molecular weight is 422 g/mol. The molecule has 1 amide bonds. The number of amides is 1. The smallest absolute Gasteiger partial charge is 0.262 e. The summed E-state index contributed by atoms with van der Waals surface area (Å²) < 4.78 is 7.74. The number of nitrogens with one attached hydrogen (secondary N) is 2. The number of hydrogen-bond donors (Lipinski definition) is 2. The number of carbonyl (C=O) groups excluding carboxylic acids is 1. The van der Waals surface area contributed by atoms with Crippen LogP contribution in [0.1, 0.15) is 31.2 Å². The number of quaternary nitrogens is 1. The Labute approximate surface area is 184 Å². The Morgan fingerprint density at radius 3 is 2.68 bits per heavy atom. The van der Waals surface area contributed by atoms with Crippen molar-refractivity contribution in [3.05, 3.63) is 53.9 Å². The normalized spacial score (nSPS) is 18.8. The molecule has 1 fully saturated rings. The summed E-state index contributed by atoms with van der Waals surface area (Å²) in [5.74, 6) is 2.48. The van der Waals surface area contributed by atoms with Gasteiger partial charge < -0.3 is 19.5 Å². The molecule has 0 saturated carbocycles. The number of imidazole rings is 1. The van der Waals surface area contributed by atoms with Gasteiger partial charge in [-0.2, -0.15) is 0 Å². The van der Waals surface area contributed by atoms with Crippen molar-refractivity contribution in [2.45, 2.75) is 33.1 Å². The Morgan fingerprint density at radius 2 is 1.94 bits per heavy atom. The van der Waals surface area contributed by atoms with Gasteiger partial charge in [-0.25, -0.2) is 4.98 Å². The molecule has 0 atom stereocenters. The van der Waals surface area contributed by atoms with Gasteiger partial charge in [0, 0.05) is 12.7 Å². The molecule has 2 aromatic carbocycles. The largest absolute Gasteiger partial charge is 0.484 e. The van der Waals surface area contributed by atoms with Crippen molar-refractivity contribution in [1.82, 2.24) is 9.55 Å². The lowest BCUT2D eigenvalue weighted by Crippen LogP contribution is -3.13. The van der Waals surface area contributed by atoms with Crippen LogP contribution in [0, 0.1) is 12.8 Å². The lowest BCUT2D eigenvalue weighted by molar-refractivity contribution is -0.906. The van der Waals surface area contributed by atoms with E-state index in [1.165, 1.54) is 25.9 Å². The Hall–Kier alpha value is -2.86. The molecule has 164 valence electrons. The number of likely N-dealkylation sites (tertiary alicyclic amines) is 1. The summed E-state index contributed by atoms with van der Waals surface area (Å²) >= 11 is 0. The van der Waals surface area contributed by atoms with Gasteiger partial charge in [-0.15, -0.1) is 0 Å². The van der Waals surface area contributed by atoms with E-state index in [-0.39, 0.29) is 12.5 Å². The SMILES string of the molecule is Cc1ccc(OCC(=O)Nc2ccc3c(c2)nc(CC[NH+]2CCC(C)CC2)n3C)cc1. The van der Waals surface area contributed by atoms with Crippen LogP contribution >= 0.6 is 0 Å². The number of piperidine rings is 1. The maximum absolute atomic E-state index is 12.3. The summed E-state index contributed by atoms with van der Waals surface area (Å²) in [7, 11) is 2.08. The first kappa shape index (κ1) is 21.4. The fraction of sp³-hybridized carbons (Fsp3) is 0.440. The van der Waals surface area contributed by atoms with Crippen LogP contribution in [0.15, 0.2) is 42.5 Å². The molecular weight excluding hydrogens is 388 g/mol. The maximum Gasteiger partial charge on any atom is 0.262 e. The minimum Gasteiger partial charge on any atom is -0.484 e. The second kappa shape index (κ2) is 9.52. The van der Waals surface area contributed by atoms with E-state index in [2.05, 4.69) is 23.9 Å². The summed E-state index contributed by atoms with van der Waals surface area (Å²) in [6.07, 6.45) is 3.63. The minimum atomic E-state index is -0.181. The van der Waals surface area contributed by atoms with Gasteiger partial charge >= 0.3 is 0 Å². The van der Waals surface area contributed by atoms with Crippen molar-refractivity contribution in [2.75, 3.05) is 31.6 Å². The third-order valence-electron chi connectivity index (χ3n) is 6.33. The molecule has 6 nitrogen and oxygen atoms in total. The van der Waals surface area contributed by atoms with E-state index in [0.717, 1.165) is 47.0 Å². The summed E-state index contributed by atoms with van der Waals surface area (Å²) in [5, 5.41) is 2.91. The molecule has 2 N–H and O–H groups in total. The van der Waals surface area contributed by atoms with E-state index in [1.807, 2.05) is 49.4 Å². The maximum atomic E-state index is 12.3. The zero-order chi connectivity index (χ0) is 21.8. The highest BCUT2D eigenvalue weighted by atomic mass is 16.5. The van der Waals surface area contributed by atoms with Crippen LogP contribution in [0.3, 0.4) is 0 Å². The average Bonchev–Trinajstić information content (AvgIpc) is 3.08. The van der Waals surface area contributed by atoms with E-state index >= 15 is 0 Å². The number of nitrogens with zero attached hydrogens (tertiary/aromatic N) is 2. The topological polar surface area (TPSA) is 60.6 Å². The highest BCUT2D eigenvalue weighted by Gasteiger charge is 2.19. The first-order chi connectivity index (χ1) is 15.0. The van der Waals surface area contributed by atoms with Crippen LogP contribution in [0.4, 0.5) is 5.69 Å². The molecule has 0 spiro atoms. The van der Waals surface area contributed by atoms with Gasteiger partial charge in [0.05, 0.1) is 37.1 Å². The van der Waals surface area contributed by atoms with Crippen LogP contribution in [-0.4, -0.2) is 41.7 Å². The van der Waals surface area contributed by atoms with Gasteiger partial charge in [0.15, 0.2) is 6.61 Å². The number of hydrogen-bond acceptors (Lipinski definition) is 3. The first-order valence-corrected chi connectivity index (χ1v) is 11.3. The lowest BCUT2D eigenvalue weighted by Gasteiger charge is -2.27. The Kier molecular flexibility index (Phi) is 6.56. The molecule has 0 unspecified atom stereocenters. The quantitative estimate of drug-likeness (QED) is 0.617. The van der Waals surface area contributed by atoms with Crippen LogP contribution in [-0.2, 0) is 18.3 Å². The van der Waals surface area contributed by atoms with E-state index in [1.54, 1.807) is 4.90 Å². The molecule has 0 bridgehead atoms. The summed E-state index contributed by atoms with van der Waals surface area (Å²) in [6.45, 7) is 8.02. The van der Waals surface area contributed by atoms with Crippen molar-refractivity contribution in [3.63, 3.8) is 0 Å². The summed E-state index contributed by atoms with van der Waals surface area (Å²) in [6, 6.07) is 13.6. The standard InChI is InChI=1S/C25H32N4O2/c1-18-4-7-21(8-5-18)31-17-25(30)26-20-6-9-23-22(16-20)27-24(28(23)3)12-15-29-13-10-19(2)11-14-29/h4-9,16,19H,10-15,17H2,1-3H3,(H,26,30)/p+1. The van der Waals surface area contributed by atoms with Crippen molar-refractivity contribution in [3.8, 4) is 5.75 Å². The molecule has 1 aliphatic heterocycles. The number of benzene rings is 2. The Bertz CT molecular complexity index is 1030. The van der Waals surface area contributed by atoms with Gasteiger partial charge in [-0.05, 0) is 56.0 Å². The fourth-order valence-corrected chi connectivity index (χ4v) is 4.24. The molecule has 3 aromatic rings. The third-order valence-corrected chi connectivity index (χ3v) is 6.33. The molecule has 0 aliphatic carbocycles. The highest BCUT2D eigenvalue weighted by Crippen LogP contribution is 2.20. The zero-order valence-corrected chi connectivity index (χ0v) is 18.8. The van der Waals surface area contributed by atoms with Crippen molar-refractivity contribution in [1.29, 1.82) is 0 Å². The molecule has 0 radical (unpaired) electrons. The van der Waals surface area contributed by atoms with Gasteiger partial charge in [0.2, 0.25) is 0 Å². The van der Waals surface area contributed by atoms with Crippen LogP contribution in [0.25, 0.3) is 11.0 Å². The second-order valence-corrected chi connectivity index (χ2v) is 8.87. The van der Waals surface area contributed by atoms with E-state index in [9.17, 15) is 4.79 Å². The number of rotatable bonds is 7. The lowest BCUT2D eigenvalue weighted by atomic mass is 9.99. The van der Waals surface area contributed by atoms with E-state index in [4.69, 9.17) is 9.72 Å². The fourth-order valence-electron chi connectivity index (χ4n) is 4.24. The first-order valence-electron chi connectivity index (χ1n) is 11.3. The molecule has 2 heterocycles. The number of carbonyl (C=O) groups is 1. The number of aryl methyl sites for hydroxylation is 2. The van der Waals surface area contributed by atoms with Crippen LogP contribution < -0.4 is 15.0 Å². The zero-order valence-electron chi connectivity index (χ0n) is 18.8. The number of anilines is 1. The van der Waals surface area contributed by atoms with E-state index in [0.29, 0.717) is 5.75 Å². The van der Waals surface area contributed by atoms with Gasteiger partial charge in [0.25, 0.3) is 5.91 Å². The third kappa shape index (κ3) is 5.44. The molecule has 6 heteroatoms. The molecule has 1 aliphatic rings. The molecule has 4 rings (SSSR count). The number of ether oxygens (including phenoxy) is 1. The van der Waals surface area contributed by atoms with Gasteiger partial charge in [-0.1, -0.05) is 24.6 Å². The molecule has 31 heavy (non-hydrogen) atoms. The highest BCUT2D eigenvalue weighted by molar-refractivity contribution is 5.94. The van der Waals surface area contributed by atoms with E-state index < -0.39 is 0 Å². The summed E-state index contributed by atoms with van der Waals surface area (Å²) in [5.41, 5.74) is 3.90. The summed E-state index contributed by atoms with van der Waals surface area (Å²) in [4.78, 5) is 18.8. The minimum absolute atomic E-state index is 0.0220. The van der Waals surface area contributed by atoms with Crippen LogP contribution in [0.2, 0.25) is 0 Å². The van der Waals surface area contributed by atoms with Crippen molar-refractivity contribution >= 4 is 22.6 Å². The van der Waals surface area contributed by atoms with Crippen molar-refractivity contribution < 1.29 is 14.4 Å². The number of fused-ring (bicyclic) bond motifs is 1. The molecule has 1 saturated heterocycles. The van der Waals surface area contributed by atoms with Crippen LogP contribution in [0.5, 0.6) is 5.75 Å². The predicted octanol–water partition coefficient (Wildman–Crippen LogP) is 2.76. The molecular formula is C25H33N4O2+. The predicted molar refractivity (Wildman–Crippen MR) is 124 cm³/mol. The Morgan fingerprint density at radius 1 is 1.19 bits per heavy atom.